The van der Waals surface area contributed by atoms with E-state index in [4.69, 9.17) is 0 Å². The molecule has 0 atom stereocenters. The zero-order valence-corrected chi connectivity index (χ0v) is 11.2. The fourth-order valence-electron chi connectivity index (χ4n) is 1.39. The van der Waals surface area contributed by atoms with Crippen LogP contribution in [0.2, 0.25) is 0 Å². The van der Waals surface area contributed by atoms with E-state index in [0.717, 1.165) is 0 Å². The van der Waals surface area contributed by atoms with Crippen molar-refractivity contribution < 1.29 is 39.9 Å². The Bertz CT molecular complexity index is 374. The van der Waals surface area contributed by atoms with E-state index >= 15 is 0 Å². The van der Waals surface area contributed by atoms with Gasteiger partial charge in [-0.2, -0.15) is 0 Å². The molecule has 0 bridgehead atoms. The molecule has 0 saturated heterocycles. The van der Waals surface area contributed by atoms with Gasteiger partial charge >= 0.3 is 0 Å². The zero-order chi connectivity index (χ0) is 7.68. The number of benzene rings is 2. The van der Waals surface area contributed by atoms with Gasteiger partial charge in [-0.3, -0.25) is 0 Å². The smallest absolute Gasteiger partial charge is 0 e. The van der Waals surface area contributed by atoms with Crippen LogP contribution >= 0.6 is 0 Å². The molecule has 0 saturated carbocycles. The van der Waals surface area contributed by atoms with Gasteiger partial charge < -0.3 is 0 Å². The number of aryl methyl sites for hydroxylation is 1. The Labute approximate surface area is 105 Å². The van der Waals surface area contributed by atoms with Crippen LogP contribution in [0.5, 0.6) is 0 Å². The minimum atomic E-state index is 0. The molecule has 0 aliphatic heterocycles. The summed E-state index contributed by atoms with van der Waals surface area (Å²) in [6.45, 7) is 2.14. The van der Waals surface area contributed by atoms with Crippen LogP contribution < -0.4 is 0 Å². The first kappa shape index (κ1) is 10.1. The van der Waals surface area contributed by atoms with Crippen LogP contribution in [0.3, 0.4) is 0 Å². The van der Waals surface area contributed by atoms with Crippen LogP contribution in [0.25, 0.3) is 10.8 Å². The maximum Gasteiger partial charge on any atom is 0 e. The summed E-state index contributed by atoms with van der Waals surface area (Å²) >= 11 is 0. The molecule has 2 aromatic rings. The van der Waals surface area contributed by atoms with E-state index in [1.54, 1.807) is 0 Å². The van der Waals surface area contributed by atoms with Crippen LogP contribution in [0, 0.1) is 46.9 Å². The number of hydrogen-bond donors (Lipinski definition) is 0. The molecule has 58 valence electrons. The van der Waals surface area contributed by atoms with Gasteiger partial charge in [0.2, 0.25) is 0 Å². The predicted octanol–water partition coefficient (Wildman–Crippen LogP) is 3.15. The first-order valence-corrected chi connectivity index (χ1v) is 3.82. The summed E-state index contributed by atoms with van der Waals surface area (Å²) < 4.78 is 0. The Balaban J connectivity index is 0.000000720. The number of fused-ring (bicyclic) bond motifs is 1. The van der Waals surface area contributed by atoms with E-state index < -0.39 is 0 Å². The second kappa shape index (κ2) is 4.31. The van der Waals surface area contributed by atoms with Crippen LogP contribution in [-0.2, 0) is 0 Å². The van der Waals surface area contributed by atoms with E-state index in [2.05, 4.69) is 49.4 Å². The SMILES string of the molecule is Cc1cccc2ccccc12.[Th]. The summed E-state index contributed by atoms with van der Waals surface area (Å²) in [7, 11) is 0. The Morgan fingerprint density at radius 3 is 2.25 bits per heavy atom. The van der Waals surface area contributed by atoms with Gasteiger partial charge in [0.05, 0.1) is 0 Å². The number of hydrogen-bond acceptors (Lipinski definition) is 0. The van der Waals surface area contributed by atoms with Gasteiger partial charge in [0.1, 0.15) is 0 Å². The standard InChI is InChI=1S/C11H10.Th/c1-9-5-4-7-10-6-2-3-8-11(9)10;/h2-8H,1H3;. The second-order valence-electron chi connectivity index (χ2n) is 2.80. The van der Waals surface area contributed by atoms with Crippen LogP contribution in [0.1, 0.15) is 5.56 Å². The van der Waals surface area contributed by atoms with Crippen molar-refractivity contribution >= 4 is 10.8 Å². The maximum atomic E-state index is 2.16. The number of rotatable bonds is 0. The molecule has 0 aliphatic rings. The molecule has 1 heteroatoms. The molecular formula is C11H10Th. The molecular weight excluding hydrogens is 364 g/mol. The van der Waals surface area contributed by atoms with Crippen molar-refractivity contribution in [1.82, 2.24) is 0 Å². The van der Waals surface area contributed by atoms with E-state index in [-0.39, 0.29) is 39.9 Å². The van der Waals surface area contributed by atoms with E-state index in [1.165, 1.54) is 16.3 Å². The third kappa shape index (κ3) is 1.85. The summed E-state index contributed by atoms with van der Waals surface area (Å²) in [6.07, 6.45) is 0. The third-order valence-electron chi connectivity index (χ3n) is 2.01. The first-order chi connectivity index (χ1) is 5.38. The van der Waals surface area contributed by atoms with Gasteiger partial charge in [0.15, 0.2) is 0 Å². The molecule has 0 fully saturated rings. The van der Waals surface area contributed by atoms with Crippen molar-refractivity contribution in [2.24, 2.45) is 0 Å². The molecule has 0 aromatic heterocycles. The molecule has 2 aromatic carbocycles. The van der Waals surface area contributed by atoms with Crippen molar-refractivity contribution in [3.8, 4) is 0 Å². The van der Waals surface area contributed by atoms with Crippen molar-refractivity contribution in [1.29, 1.82) is 0 Å². The minimum absolute atomic E-state index is 0. The molecule has 2 rings (SSSR count). The summed E-state index contributed by atoms with van der Waals surface area (Å²) in [4.78, 5) is 0. The largest absolute Gasteiger partial charge is 0.0616 e. The molecule has 0 heterocycles. The minimum Gasteiger partial charge on any atom is -0.0616 e. The Kier molecular flexibility index (Phi) is 3.63. The quantitative estimate of drug-likeness (QED) is 0.665. The molecule has 0 nitrogen and oxygen atoms in total. The Hall–Kier alpha value is 0.0247. The van der Waals surface area contributed by atoms with E-state index in [0.29, 0.717) is 0 Å². The molecule has 12 heavy (non-hydrogen) atoms. The van der Waals surface area contributed by atoms with E-state index in [9.17, 15) is 0 Å². The van der Waals surface area contributed by atoms with Gasteiger partial charge in [-0.05, 0) is 23.3 Å². The zero-order valence-electron chi connectivity index (χ0n) is 7.04. The fourth-order valence-corrected chi connectivity index (χ4v) is 1.39. The van der Waals surface area contributed by atoms with Crippen molar-refractivity contribution in [2.45, 2.75) is 6.92 Å². The van der Waals surface area contributed by atoms with E-state index in [1.807, 2.05) is 0 Å². The van der Waals surface area contributed by atoms with Crippen LogP contribution in [-0.4, -0.2) is 0 Å². The van der Waals surface area contributed by atoms with Gasteiger partial charge in [-0.1, -0.05) is 42.5 Å². The Morgan fingerprint density at radius 1 is 0.833 bits per heavy atom. The molecule has 0 aliphatic carbocycles. The van der Waals surface area contributed by atoms with Crippen molar-refractivity contribution in [3.05, 3.63) is 48.0 Å². The van der Waals surface area contributed by atoms with Crippen LogP contribution in [0.4, 0.5) is 0 Å². The normalized spacial score (nSPS) is 9.42. The van der Waals surface area contributed by atoms with Gasteiger partial charge in [-0.25, -0.2) is 0 Å². The van der Waals surface area contributed by atoms with Crippen LogP contribution in [0.15, 0.2) is 42.5 Å². The first-order valence-electron chi connectivity index (χ1n) is 3.82. The van der Waals surface area contributed by atoms with Crippen molar-refractivity contribution in [2.75, 3.05) is 0 Å². The summed E-state index contributed by atoms with van der Waals surface area (Å²) in [5.41, 5.74) is 1.35. The molecule has 0 unspecified atom stereocenters. The third-order valence-corrected chi connectivity index (χ3v) is 2.01. The topological polar surface area (TPSA) is 0 Å². The molecule has 0 amide bonds. The fraction of sp³-hybridized carbons (Fsp3) is 0.0909. The summed E-state index contributed by atoms with van der Waals surface area (Å²) in [5.74, 6) is 0. The van der Waals surface area contributed by atoms with Crippen molar-refractivity contribution in [3.63, 3.8) is 0 Å². The molecule has 0 N–H and O–H groups in total. The maximum absolute atomic E-state index is 2.16. The summed E-state index contributed by atoms with van der Waals surface area (Å²) in [5, 5.41) is 2.68. The molecule has 0 spiro atoms. The monoisotopic (exact) mass is 374 g/mol. The van der Waals surface area contributed by atoms with Gasteiger partial charge in [-0.15, -0.1) is 0 Å². The predicted molar refractivity (Wildman–Crippen MR) is 48.7 cm³/mol. The van der Waals surface area contributed by atoms with Gasteiger partial charge in [0.25, 0.3) is 0 Å². The van der Waals surface area contributed by atoms with Gasteiger partial charge in [0, 0.05) is 39.9 Å². The average Bonchev–Trinajstić information content (AvgIpc) is 2.06. The summed E-state index contributed by atoms with van der Waals surface area (Å²) in [6, 6.07) is 14.8. The molecule has 0 radical (unpaired) electrons. The average molecular weight is 374 g/mol. The second-order valence-corrected chi connectivity index (χ2v) is 2.80. The Morgan fingerprint density at radius 2 is 1.50 bits per heavy atom.